The number of hydrogen-bond acceptors (Lipinski definition) is 3. The van der Waals surface area contributed by atoms with Crippen molar-refractivity contribution in [3.05, 3.63) is 29.1 Å². The fraction of sp³-hybridized carbons (Fsp3) is 0.562. The first-order valence-electron chi connectivity index (χ1n) is 7.42. The lowest BCUT2D eigenvalue weighted by Gasteiger charge is -2.38. The van der Waals surface area contributed by atoms with E-state index in [1.165, 1.54) is 6.07 Å². The topological polar surface area (TPSA) is 52.6 Å². The molecule has 1 saturated heterocycles. The molecular weight excluding hydrogens is 271 g/mol. The van der Waals surface area contributed by atoms with E-state index in [0.29, 0.717) is 11.1 Å². The van der Waals surface area contributed by atoms with Gasteiger partial charge in [-0.2, -0.15) is 0 Å². The van der Waals surface area contributed by atoms with Crippen LogP contribution in [0.25, 0.3) is 0 Å². The van der Waals surface area contributed by atoms with Gasteiger partial charge in [0, 0.05) is 24.8 Å². The van der Waals surface area contributed by atoms with Crippen LogP contribution >= 0.6 is 0 Å². The van der Waals surface area contributed by atoms with E-state index in [1.807, 2.05) is 4.90 Å². The van der Waals surface area contributed by atoms with Gasteiger partial charge in [0.25, 0.3) is 0 Å². The van der Waals surface area contributed by atoms with E-state index < -0.39 is 6.10 Å². The summed E-state index contributed by atoms with van der Waals surface area (Å²) in [7, 11) is 1.63. The number of rotatable bonds is 3. The highest BCUT2D eigenvalue weighted by atomic mass is 19.1. The normalized spacial score (nSPS) is 20.2. The fourth-order valence-corrected chi connectivity index (χ4v) is 2.92. The Balaban J connectivity index is 2.47. The maximum Gasteiger partial charge on any atom is 0.242 e. The summed E-state index contributed by atoms with van der Waals surface area (Å²) in [5.74, 6) is -0.364. The van der Waals surface area contributed by atoms with Gasteiger partial charge in [-0.05, 0) is 50.8 Å². The number of anilines is 1. The molecule has 1 aromatic rings. The van der Waals surface area contributed by atoms with E-state index in [4.69, 9.17) is 0 Å². The molecule has 1 aliphatic heterocycles. The van der Waals surface area contributed by atoms with E-state index in [-0.39, 0.29) is 17.8 Å². The highest BCUT2D eigenvalue weighted by Gasteiger charge is 2.30. The number of carbonyl (C=O) groups is 1. The Morgan fingerprint density at radius 3 is 2.81 bits per heavy atom. The molecule has 0 bridgehead atoms. The van der Waals surface area contributed by atoms with Crippen molar-refractivity contribution in [3.8, 4) is 0 Å². The summed E-state index contributed by atoms with van der Waals surface area (Å²) in [5.41, 5.74) is 1.82. The van der Waals surface area contributed by atoms with Gasteiger partial charge in [-0.3, -0.25) is 4.79 Å². The number of benzene rings is 1. The van der Waals surface area contributed by atoms with Crippen molar-refractivity contribution in [2.75, 3.05) is 18.5 Å². The molecule has 0 aromatic heterocycles. The molecule has 4 nitrogen and oxygen atoms in total. The molecular formula is C16H23FN2O2. The molecule has 0 aliphatic carbocycles. The number of aryl methyl sites for hydroxylation is 1. The Kier molecular flexibility index (Phi) is 4.83. The van der Waals surface area contributed by atoms with Crippen molar-refractivity contribution in [2.24, 2.45) is 0 Å². The molecule has 1 aliphatic rings. The first-order valence-corrected chi connectivity index (χ1v) is 7.42. The summed E-state index contributed by atoms with van der Waals surface area (Å²) in [5, 5.41) is 12.6. The van der Waals surface area contributed by atoms with Crippen LogP contribution in [-0.2, 0) is 4.79 Å². The molecule has 2 unspecified atom stereocenters. The first kappa shape index (κ1) is 15.8. The number of nitrogens with zero attached hydrogens (tertiary/aromatic N) is 1. The average molecular weight is 294 g/mol. The van der Waals surface area contributed by atoms with Crippen molar-refractivity contribution >= 4 is 11.6 Å². The zero-order valence-electron chi connectivity index (χ0n) is 12.8. The first-order chi connectivity index (χ1) is 9.95. The molecule has 2 rings (SSSR count). The van der Waals surface area contributed by atoms with Crippen molar-refractivity contribution in [3.63, 3.8) is 0 Å². The van der Waals surface area contributed by atoms with Gasteiger partial charge < -0.3 is 15.3 Å². The Morgan fingerprint density at radius 2 is 2.19 bits per heavy atom. The van der Waals surface area contributed by atoms with Crippen LogP contribution in [0.5, 0.6) is 0 Å². The highest BCUT2D eigenvalue weighted by Crippen LogP contribution is 2.33. The van der Waals surface area contributed by atoms with E-state index >= 15 is 0 Å². The highest BCUT2D eigenvalue weighted by molar-refractivity contribution is 5.85. The van der Waals surface area contributed by atoms with Crippen LogP contribution in [0.2, 0.25) is 0 Å². The molecule has 5 heteroatoms. The van der Waals surface area contributed by atoms with Crippen molar-refractivity contribution in [2.45, 2.75) is 45.3 Å². The van der Waals surface area contributed by atoms with Gasteiger partial charge in [0.2, 0.25) is 5.91 Å². The smallest absolute Gasteiger partial charge is 0.242 e. The zero-order chi connectivity index (χ0) is 15.6. The van der Waals surface area contributed by atoms with E-state index in [0.717, 1.165) is 31.5 Å². The Bertz CT molecular complexity index is 531. The fourth-order valence-electron chi connectivity index (χ4n) is 2.92. The third kappa shape index (κ3) is 3.18. The predicted molar refractivity (Wildman–Crippen MR) is 80.8 cm³/mol. The van der Waals surface area contributed by atoms with Crippen LogP contribution in [0.15, 0.2) is 12.1 Å². The number of hydrogen-bond donors (Lipinski definition) is 2. The number of piperidine rings is 1. The van der Waals surface area contributed by atoms with Gasteiger partial charge in [0.1, 0.15) is 11.9 Å². The molecule has 2 atom stereocenters. The lowest BCUT2D eigenvalue weighted by molar-refractivity contribution is -0.122. The summed E-state index contributed by atoms with van der Waals surface area (Å²) in [6, 6.07) is 2.86. The maximum atomic E-state index is 13.8. The van der Waals surface area contributed by atoms with Gasteiger partial charge in [-0.1, -0.05) is 0 Å². The molecule has 1 amide bonds. The molecule has 1 aromatic carbocycles. The second-order valence-corrected chi connectivity index (χ2v) is 5.66. The van der Waals surface area contributed by atoms with Crippen molar-refractivity contribution in [1.82, 2.24) is 5.32 Å². The van der Waals surface area contributed by atoms with Crippen LogP contribution in [0.4, 0.5) is 10.1 Å². The number of aliphatic hydroxyl groups excluding tert-OH is 1. The van der Waals surface area contributed by atoms with Crippen LogP contribution in [-0.4, -0.2) is 30.6 Å². The molecule has 0 saturated carbocycles. The van der Waals surface area contributed by atoms with E-state index in [1.54, 1.807) is 27.0 Å². The third-order valence-electron chi connectivity index (χ3n) is 4.12. The van der Waals surface area contributed by atoms with Gasteiger partial charge >= 0.3 is 0 Å². The minimum atomic E-state index is -0.776. The number of carbonyl (C=O) groups excluding carboxylic acids is 1. The SMILES string of the molecule is CNC(=O)C1CCCCN1c1cc(C)c(F)cc1C(C)O. The molecule has 21 heavy (non-hydrogen) atoms. The molecule has 1 heterocycles. The minimum absolute atomic E-state index is 0.0341. The standard InChI is InChI=1S/C16H23FN2O2/c1-10-8-15(12(11(2)20)9-13(10)17)19-7-5-4-6-14(19)16(21)18-3/h8-9,11,14,20H,4-7H2,1-3H3,(H,18,21). The average Bonchev–Trinajstić information content (AvgIpc) is 2.48. The number of nitrogens with one attached hydrogen (secondary N) is 1. The quantitative estimate of drug-likeness (QED) is 0.899. The summed E-state index contributed by atoms with van der Waals surface area (Å²) in [6.45, 7) is 4.05. The predicted octanol–water partition coefficient (Wildman–Crippen LogP) is 2.29. The van der Waals surface area contributed by atoms with Gasteiger partial charge in [-0.25, -0.2) is 4.39 Å². The van der Waals surface area contributed by atoms with E-state index in [2.05, 4.69) is 5.32 Å². The van der Waals surface area contributed by atoms with Crippen LogP contribution in [0.1, 0.15) is 43.4 Å². The molecule has 116 valence electrons. The summed E-state index contributed by atoms with van der Waals surface area (Å²) in [4.78, 5) is 14.1. The van der Waals surface area contributed by atoms with Gasteiger partial charge in [0.15, 0.2) is 0 Å². The Labute approximate surface area is 125 Å². The molecule has 0 spiro atoms. The summed E-state index contributed by atoms with van der Waals surface area (Å²) >= 11 is 0. The molecule has 2 N–H and O–H groups in total. The second kappa shape index (κ2) is 6.43. The lowest BCUT2D eigenvalue weighted by atomic mass is 9.96. The minimum Gasteiger partial charge on any atom is -0.389 e. The number of halogens is 1. The Hall–Kier alpha value is -1.62. The van der Waals surface area contributed by atoms with Crippen molar-refractivity contribution < 1.29 is 14.3 Å². The van der Waals surface area contributed by atoms with E-state index in [9.17, 15) is 14.3 Å². The van der Waals surface area contributed by atoms with Gasteiger partial charge in [-0.15, -0.1) is 0 Å². The van der Waals surface area contributed by atoms with Crippen LogP contribution in [0.3, 0.4) is 0 Å². The second-order valence-electron chi connectivity index (χ2n) is 5.66. The van der Waals surface area contributed by atoms with Crippen LogP contribution in [0, 0.1) is 12.7 Å². The Morgan fingerprint density at radius 1 is 1.48 bits per heavy atom. The third-order valence-corrected chi connectivity index (χ3v) is 4.12. The van der Waals surface area contributed by atoms with Gasteiger partial charge in [0.05, 0.1) is 6.10 Å². The van der Waals surface area contributed by atoms with Crippen molar-refractivity contribution in [1.29, 1.82) is 0 Å². The summed E-state index contributed by atoms with van der Waals surface area (Å²) < 4.78 is 13.8. The summed E-state index contributed by atoms with van der Waals surface area (Å²) in [6.07, 6.45) is 1.99. The lowest BCUT2D eigenvalue weighted by Crippen LogP contribution is -2.49. The zero-order valence-corrected chi connectivity index (χ0v) is 12.8. The molecule has 0 radical (unpaired) electrons. The monoisotopic (exact) mass is 294 g/mol. The maximum absolute atomic E-state index is 13.8. The molecule has 1 fully saturated rings. The number of aliphatic hydroxyl groups is 1. The van der Waals surface area contributed by atoms with Crippen LogP contribution < -0.4 is 10.2 Å². The number of amides is 1. The largest absolute Gasteiger partial charge is 0.389 e. The number of likely N-dealkylation sites (N-methyl/N-ethyl adjacent to an activating group) is 1.